The van der Waals surface area contributed by atoms with Gasteiger partial charge in [-0.15, -0.1) is 0 Å². The minimum Gasteiger partial charge on any atom is -0.456 e. The minimum absolute atomic E-state index is 0.198. The Hall–Kier alpha value is -3.51. The number of anilines is 2. The second-order valence-corrected chi connectivity index (χ2v) is 9.71. The van der Waals surface area contributed by atoms with Crippen LogP contribution in [0.2, 0.25) is 0 Å². The predicted octanol–water partition coefficient (Wildman–Crippen LogP) is 1.76. The molecule has 37 heavy (non-hydrogen) atoms. The SMILES string of the molecule is CC(=O)OCC(=O)N1CCN(c2nc(N3CCOCC3)c3ncnc(SCc4ccccc4)c3n2)CC1. The van der Waals surface area contributed by atoms with Crippen LogP contribution >= 0.6 is 11.8 Å². The number of esters is 1. The predicted molar refractivity (Wildman–Crippen MR) is 140 cm³/mol. The van der Waals surface area contributed by atoms with Crippen LogP contribution in [0, 0.1) is 0 Å². The average Bonchev–Trinajstić information content (AvgIpc) is 2.95. The second kappa shape index (κ2) is 11.7. The van der Waals surface area contributed by atoms with Crippen LogP contribution in [0.5, 0.6) is 0 Å². The molecule has 1 amide bonds. The smallest absolute Gasteiger partial charge is 0.303 e. The van der Waals surface area contributed by atoms with E-state index < -0.39 is 5.97 Å². The summed E-state index contributed by atoms with van der Waals surface area (Å²) >= 11 is 1.63. The first kappa shape index (κ1) is 25.2. The quantitative estimate of drug-likeness (QED) is 0.256. The summed E-state index contributed by atoms with van der Waals surface area (Å²) in [6, 6.07) is 10.3. The summed E-state index contributed by atoms with van der Waals surface area (Å²) in [4.78, 5) is 48.4. The van der Waals surface area contributed by atoms with Crippen molar-refractivity contribution in [1.82, 2.24) is 24.8 Å². The van der Waals surface area contributed by atoms with Crippen molar-refractivity contribution in [3.8, 4) is 0 Å². The van der Waals surface area contributed by atoms with E-state index in [1.54, 1.807) is 23.0 Å². The fraction of sp³-hybridized carbons (Fsp3) is 0.440. The summed E-state index contributed by atoms with van der Waals surface area (Å²) in [6.07, 6.45) is 1.58. The zero-order valence-corrected chi connectivity index (χ0v) is 21.5. The molecule has 2 saturated heterocycles. The lowest BCUT2D eigenvalue weighted by Crippen LogP contribution is -2.50. The maximum atomic E-state index is 12.4. The number of fused-ring (bicyclic) bond motifs is 1. The lowest BCUT2D eigenvalue weighted by Gasteiger charge is -2.35. The van der Waals surface area contributed by atoms with E-state index in [0.29, 0.717) is 45.3 Å². The highest BCUT2D eigenvalue weighted by Gasteiger charge is 2.26. The van der Waals surface area contributed by atoms with E-state index in [-0.39, 0.29) is 12.5 Å². The number of aromatic nitrogens is 4. The van der Waals surface area contributed by atoms with Crippen molar-refractivity contribution in [2.24, 2.45) is 0 Å². The van der Waals surface area contributed by atoms with Crippen molar-refractivity contribution in [3.63, 3.8) is 0 Å². The molecule has 11 nitrogen and oxygen atoms in total. The summed E-state index contributed by atoms with van der Waals surface area (Å²) in [5, 5.41) is 0.808. The highest BCUT2D eigenvalue weighted by Crippen LogP contribution is 2.32. The Kier molecular flexibility index (Phi) is 7.95. The van der Waals surface area contributed by atoms with E-state index in [4.69, 9.17) is 19.4 Å². The summed E-state index contributed by atoms with van der Waals surface area (Å²) in [7, 11) is 0. The molecule has 2 aromatic heterocycles. The van der Waals surface area contributed by atoms with E-state index >= 15 is 0 Å². The monoisotopic (exact) mass is 523 g/mol. The molecular weight excluding hydrogens is 494 g/mol. The Bertz CT molecular complexity index is 1250. The molecule has 4 heterocycles. The molecule has 0 atom stereocenters. The number of carbonyl (C=O) groups excluding carboxylic acids is 2. The first-order valence-corrected chi connectivity index (χ1v) is 13.3. The Morgan fingerprint density at radius 3 is 2.43 bits per heavy atom. The molecule has 3 aromatic rings. The minimum atomic E-state index is -0.463. The first-order valence-electron chi connectivity index (χ1n) is 12.3. The highest BCUT2D eigenvalue weighted by atomic mass is 32.2. The van der Waals surface area contributed by atoms with Gasteiger partial charge in [0.2, 0.25) is 5.95 Å². The van der Waals surface area contributed by atoms with Crippen LogP contribution in [0.3, 0.4) is 0 Å². The van der Waals surface area contributed by atoms with Gasteiger partial charge in [-0.25, -0.2) is 15.0 Å². The number of carbonyl (C=O) groups is 2. The molecule has 1 aromatic carbocycles. The third-order valence-corrected chi connectivity index (χ3v) is 7.31. The number of rotatable bonds is 7. The van der Waals surface area contributed by atoms with Crippen molar-refractivity contribution in [2.45, 2.75) is 17.7 Å². The van der Waals surface area contributed by atoms with Crippen LogP contribution in [0.25, 0.3) is 11.0 Å². The zero-order valence-electron chi connectivity index (χ0n) is 20.7. The van der Waals surface area contributed by atoms with Gasteiger partial charge in [-0.2, -0.15) is 4.98 Å². The van der Waals surface area contributed by atoms with E-state index in [1.807, 2.05) is 18.2 Å². The van der Waals surface area contributed by atoms with Crippen LogP contribution in [-0.2, 0) is 24.8 Å². The topological polar surface area (TPSA) is 114 Å². The zero-order chi connectivity index (χ0) is 25.6. The molecule has 0 saturated carbocycles. The third kappa shape index (κ3) is 6.08. The molecule has 194 valence electrons. The molecule has 5 rings (SSSR count). The van der Waals surface area contributed by atoms with E-state index in [0.717, 1.165) is 40.7 Å². The molecule has 2 fully saturated rings. The van der Waals surface area contributed by atoms with Crippen molar-refractivity contribution in [1.29, 1.82) is 0 Å². The maximum absolute atomic E-state index is 12.4. The number of ether oxygens (including phenoxy) is 2. The van der Waals surface area contributed by atoms with Gasteiger partial charge >= 0.3 is 5.97 Å². The number of benzene rings is 1. The van der Waals surface area contributed by atoms with Gasteiger partial charge < -0.3 is 24.2 Å². The van der Waals surface area contributed by atoms with E-state index in [9.17, 15) is 9.59 Å². The van der Waals surface area contributed by atoms with Crippen molar-refractivity contribution in [2.75, 3.05) is 68.9 Å². The van der Waals surface area contributed by atoms with Crippen molar-refractivity contribution < 1.29 is 19.1 Å². The lowest BCUT2D eigenvalue weighted by atomic mass is 10.2. The van der Waals surface area contributed by atoms with Gasteiger partial charge in [0.25, 0.3) is 5.91 Å². The van der Waals surface area contributed by atoms with Crippen LogP contribution < -0.4 is 9.80 Å². The third-order valence-electron chi connectivity index (χ3n) is 6.26. The van der Waals surface area contributed by atoms with Gasteiger partial charge in [-0.3, -0.25) is 9.59 Å². The van der Waals surface area contributed by atoms with Gasteiger partial charge in [-0.1, -0.05) is 42.1 Å². The fourth-order valence-electron chi connectivity index (χ4n) is 4.28. The molecule has 0 aliphatic carbocycles. The number of morpholine rings is 1. The highest BCUT2D eigenvalue weighted by molar-refractivity contribution is 7.98. The molecule has 0 N–H and O–H groups in total. The fourth-order valence-corrected chi connectivity index (χ4v) is 5.18. The molecular formula is C25H29N7O4S. The number of piperazine rings is 1. The average molecular weight is 524 g/mol. The number of nitrogens with zero attached hydrogens (tertiary/aromatic N) is 7. The summed E-state index contributed by atoms with van der Waals surface area (Å²) in [5.41, 5.74) is 2.66. The van der Waals surface area contributed by atoms with Gasteiger partial charge in [0, 0.05) is 51.9 Å². The van der Waals surface area contributed by atoms with Crippen molar-refractivity contribution >= 4 is 46.4 Å². The number of hydrogen-bond donors (Lipinski definition) is 0. The Balaban J connectivity index is 1.41. The van der Waals surface area contributed by atoms with Crippen LogP contribution in [0.1, 0.15) is 12.5 Å². The lowest BCUT2D eigenvalue weighted by molar-refractivity contribution is -0.150. The van der Waals surface area contributed by atoms with Gasteiger partial charge in [-0.05, 0) is 5.56 Å². The molecule has 2 aliphatic heterocycles. The first-order chi connectivity index (χ1) is 18.1. The van der Waals surface area contributed by atoms with Crippen LogP contribution in [0.4, 0.5) is 11.8 Å². The van der Waals surface area contributed by atoms with Crippen LogP contribution in [0.15, 0.2) is 41.7 Å². The second-order valence-electron chi connectivity index (χ2n) is 8.75. The van der Waals surface area contributed by atoms with Gasteiger partial charge in [0.1, 0.15) is 22.4 Å². The Morgan fingerprint density at radius 2 is 1.70 bits per heavy atom. The molecule has 0 spiro atoms. The maximum Gasteiger partial charge on any atom is 0.303 e. The molecule has 12 heteroatoms. The van der Waals surface area contributed by atoms with E-state index in [2.05, 4.69) is 31.9 Å². The largest absolute Gasteiger partial charge is 0.456 e. The van der Waals surface area contributed by atoms with Gasteiger partial charge in [0.05, 0.1) is 13.2 Å². The normalized spacial score (nSPS) is 16.2. The van der Waals surface area contributed by atoms with Crippen molar-refractivity contribution in [3.05, 3.63) is 42.2 Å². The number of thioether (sulfide) groups is 1. The Labute approximate surface area is 219 Å². The summed E-state index contributed by atoms with van der Waals surface area (Å²) in [6.45, 7) is 5.90. The van der Waals surface area contributed by atoms with E-state index in [1.165, 1.54) is 12.5 Å². The molecule has 0 radical (unpaired) electrons. The summed E-state index contributed by atoms with van der Waals surface area (Å²) in [5.74, 6) is 1.48. The van der Waals surface area contributed by atoms with Crippen LogP contribution in [-0.4, -0.2) is 95.8 Å². The molecule has 2 aliphatic rings. The standard InChI is InChI=1S/C25H29N7O4S/c1-18(33)36-15-20(34)30-7-9-32(10-8-30)25-28-22-21(23(29-25)31-11-13-35-14-12-31)26-17-27-24(22)37-16-19-5-3-2-4-6-19/h2-6,17H,7-16H2,1H3. The summed E-state index contributed by atoms with van der Waals surface area (Å²) < 4.78 is 10.4. The molecule has 0 bridgehead atoms. The van der Waals surface area contributed by atoms with Gasteiger partial charge in [0.15, 0.2) is 12.4 Å². The number of amides is 1. The number of hydrogen-bond acceptors (Lipinski definition) is 11. The Morgan fingerprint density at radius 1 is 0.946 bits per heavy atom. The molecule has 0 unspecified atom stereocenters.